The van der Waals surface area contributed by atoms with Crippen LogP contribution in [-0.2, 0) is 4.74 Å². The molecule has 25 heavy (non-hydrogen) atoms. The van der Waals surface area contributed by atoms with Crippen LogP contribution >= 0.6 is 11.3 Å². The van der Waals surface area contributed by atoms with E-state index < -0.39 is 0 Å². The van der Waals surface area contributed by atoms with Gasteiger partial charge in [-0.3, -0.25) is 5.32 Å². The van der Waals surface area contributed by atoms with Crippen LogP contribution in [0, 0.1) is 6.92 Å². The summed E-state index contributed by atoms with van der Waals surface area (Å²) in [6.45, 7) is 4.24. The molecule has 128 valence electrons. The number of aromatic nitrogens is 3. The molecule has 1 aromatic carbocycles. The maximum atomic E-state index is 12.2. The topological polar surface area (TPSA) is 80.2 Å². The number of nitrogens with one attached hydrogen (secondary N) is 1. The molecule has 8 heteroatoms. The Morgan fingerprint density at radius 2 is 2.08 bits per heavy atom. The summed E-state index contributed by atoms with van der Waals surface area (Å²) in [5.41, 5.74) is 1.92. The standard InChI is InChI=1S/C17H17N5O2S/c1-11-18-9-13-3-2-12(8-14(13)20-11)15-10-19-16(25-15)21-17(23)22-4-6-24-7-5-22/h2-3,8-10H,4-7H2,1H3,(H,19,21,23). The Bertz CT molecular complexity index is 920. The van der Waals surface area contributed by atoms with Gasteiger partial charge in [-0.2, -0.15) is 0 Å². The number of thiazole rings is 1. The van der Waals surface area contributed by atoms with Crippen molar-refractivity contribution in [2.24, 2.45) is 0 Å². The van der Waals surface area contributed by atoms with E-state index in [0.717, 1.165) is 27.2 Å². The third-order valence-electron chi connectivity index (χ3n) is 4.01. The second-order valence-electron chi connectivity index (χ2n) is 5.75. The van der Waals surface area contributed by atoms with Crippen LogP contribution in [0.5, 0.6) is 0 Å². The lowest BCUT2D eigenvalue weighted by molar-refractivity contribution is 0.0564. The van der Waals surface area contributed by atoms with Gasteiger partial charge < -0.3 is 9.64 Å². The molecule has 0 saturated carbocycles. The summed E-state index contributed by atoms with van der Waals surface area (Å²) in [7, 11) is 0. The Morgan fingerprint density at radius 1 is 1.24 bits per heavy atom. The van der Waals surface area contributed by atoms with Gasteiger partial charge in [0.1, 0.15) is 5.82 Å². The highest BCUT2D eigenvalue weighted by Crippen LogP contribution is 2.30. The molecule has 2 amide bonds. The van der Waals surface area contributed by atoms with Gasteiger partial charge in [0.05, 0.1) is 23.6 Å². The average molecular weight is 355 g/mol. The molecule has 0 aliphatic carbocycles. The minimum Gasteiger partial charge on any atom is -0.378 e. The highest BCUT2D eigenvalue weighted by molar-refractivity contribution is 7.19. The first kappa shape index (κ1) is 15.9. The third kappa shape index (κ3) is 3.45. The van der Waals surface area contributed by atoms with Crippen molar-refractivity contribution < 1.29 is 9.53 Å². The van der Waals surface area contributed by atoms with Crippen LogP contribution in [-0.4, -0.2) is 52.2 Å². The largest absolute Gasteiger partial charge is 0.378 e. The van der Waals surface area contributed by atoms with E-state index in [2.05, 4.69) is 20.3 Å². The van der Waals surface area contributed by atoms with E-state index in [4.69, 9.17) is 4.74 Å². The molecule has 1 fully saturated rings. The van der Waals surface area contributed by atoms with Crippen molar-refractivity contribution in [1.82, 2.24) is 19.9 Å². The Morgan fingerprint density at radius 3 is 2.92 bits per heavy atom. The van der Waals surface area contributed by atoms with Gasteiger partial charge >= 0.3 is 6.03 Å². The number of carbonyl (C=O) groups excluding carboxylic acids is 1. The van der Waals surface area contributed by atoms with Crippen molar-refractivity contribution in [3.63, 3.8) is 0 Å². The zero-order chi connectivity index (χ0) is 17.2. The Kier molecular flexibility index (Phi) is 4.29. The lowest BCUT2D eigenvalue weighted by atomic mass is 10.1. The van der Waals surface area contributed by atoms with Crippen molar-refractivity contribution in [2.75, 3.05) is 31.6 Å². The molecule has 2 aromatic heterocycles. The van der Waals surface area contributed by atoms with Crippen LogP contribution in [0.3, 0.4) is 0 Å². The van der Waals surface area contributed by atoms with E-state index in [0.29, 0.717) is 31.4 Å². The van der Waals surface area contributed by atoms with E-state index in [1.165, 1.54) is 11.3 Å². The molecule has 3 heterocycles. The fourth-order valence-electron chi connectivity index (χ4n) is 2.67. The summed E-state index contributed by atoms with van der Waals surface area (Å²) < 4.78 is 5.26. The Labute approximate surface area is 148 Å². The maximum absolute atomic E-state index is 12.2. The van der Waals surface area contributed by atoms with E-state index in [1.807, 2.05) is 31.3 Å². The number of fused-ring (bicyclic) bond motifs is 1. The maximum Gasteiger partial charge on any atom is 0.323 e. The fourth-order valence-corrected chi connectivity index (χ4v) is 3.47. The molecule has 0 atom stereocenters. The predicted octanol–water partition coefficient (Wildman–Crippen LogP) is 2.93. The van der Waals surface area contributed by atoms with Crippen molar-refractivity contribution in [1.29, 1.82) is 0 Å². The van der Waals surface area contributed by atoms with Gasteiger partial charge in [0.25, 0.3) is 0 Å². The number of aryl methyl sites for hydroxylation is 1. The minimum atomic E-state index is -0.133. The van der Waals surface area contributed by atoms with Crippen molar-refractivity contribution in [3.05, 3.63) is 36.4 Å². The van der Waals surface area contributed by atoms with Gasteiger partial charge in [0, 0.05) is 30.9 Å². The first-order valence-electron chi connectivity index (χ1n) is 8.02. The zero-order valence-electron chi connectivity index (χ0n) is 13.7. The number of nitrogens with zero attached hydrogens (tertiary/aromatic N) is 4. The summed E-state index contributed by atoms with van der Waals surface area (Å²) in [6.07, 6.45) is 3.59. The fraction of sp³-hybridized carbons (Fsp3) is 0.294. The lowest BCUT2D eigenvalue weighted by Gasteiger charge is -2.26. The van der Waals surface area contributed by atoms with Gasteiger partial charge in [0.2, 0.25) is 0 Å². The lowest BCUT2D eigenvalue weighted by Crippen LogP contribution is -2.43. The number of morpholine rings is 1. The normalized spacial score (nSPS) is 14.7. The smallest absolute Gasteiger partial charge is 0.323 e. The molecule has 0 radical (unpaired) electrons. The Balaban J connectivity index is 1.53. The van der Waals surface area contributed by atoms with Crippen LogP contribution in [0.25, 0.3) is 21.3 Å². The molecule has 0 unspecified atom stereocenters. The van der Waals surface area contributed by atoms with Gasteiger partial charge in [0.15, 0.2) is 5.13 Å². The van der Waals surface area contributed by atoms with Gasteiger partial charge in [-0.05, 0) is 18.6 Å². The van der Waals surface area contributed by atoms with E-state index >= 15 is 0 Å². The van der Waals surface area contributed by atoms with Crippen molar-refractivity contribution in [3.8, 4) is 10.4 Å². The number of rotatable bonds is 2. The van der Waals surface area contributed by atoms with Gasteiger partial charge in [-0.25, -0.2) is 19.7 Å². The summed E-state index contributed by atoms with van der Waals surface area (Å²) >= 11 is 1.45. The first-order chi connectivity index (χ1) is 12.2. The van der Waals surface area contributed by atoms with Crippen molar-refractivity contribution >= 4 is 33.4 Å². The molecule has 1 aliphatic rings. The number of carbonyl (C=O) groups is 1. The second kappa shape index (κ2) is 6.73. The first-order valence-corrected chi connectivity index (χ1v) is 8.84. The molecule has 0 bridgehead atoms. The van der Waals surface area contributed by atoms with Crippen LogP contribution in [0.4, 0.5) is 9.93 Å². The molecule has 0 spiro atoms. The molecule has 1 aliphatic heterocycles. The number of ether oxygens (including phenoxy) is 1. The second-order valence-corrected chi connectivity index (χ2v) is 6.78. The molecular weight excluding hydrogens is 338 g/mol. The minimum absolute atomic E-state index is 0.133. The number of hydrogen-bond acceptors (Lipinski definition) is 6. The number of urea groups is 1. The SMILES string of the molecule is Cc1ncc2ccc(-c3cnc(NC(=O)N4CCOCC4)s3)cc2n1. The van der Waals surface area contributed by atoms with Crippen LogP contribution in [0.1, 0.15) is 5.82 Å². The summed E-state index contributed by atoms with van der Waals surface area (Å²) in [5, 5.41) is 4.45. The molecule has 4 rings (SSSR count). The molecule has 1 saturated heterocycles. The van der Waals surface area contributed by atoms with Gasteiger partial charge in [-0.15, -0.1) is 0 Å². The van der Waals surface area contributed by atoms with Crippen molar-refractivity contribution in [2.45, 2.75) is 6.92 Å². The Hall–Kier alpha value is -2.58. The molecular formula is C17H17N5O2S. The van der Waals surface area contributed by atoms with E-state index in [9.17, 15) is 4.79 Å². The number of hydrogen-bond donors (Lipinski definition) is 1. The van der Waals surface area contributed by atoms with E-state index in [-0.39, 0.29) is 6.03 Å². The summed E-state index contributed by atoms with van der Waals surface area (Å²) in [6, 6.07) is 5.90. The van der Waals surface area contributed by atoms with Crippen LogP contribution < -0.4 is 5.32 Å². The molecule has 3 aromatic rings. The summed E-state index contributed by atoms with van der Waals surface area (Å²) in [4.78, 5) is 27.9. The summed E-state index contributed by atoms with van der Waals surface area (Å²) in [5.74, 6) is 0.743. The molecule has 7 nitrogen and oxygen atoms in total. The highest BCUT2D eigenvalue weighted by atomic mass is 32.1. The third-order valence-corrected chi connectivity index (χ3v) is 4.97. The monoisotopic (exact) mass is 355 g/mol. The van der Waals surface area contributed by atoms with E-state index in [1.54, 1.807) is 11.1 Å². The van der Waals surface area contributed by atoms with Crippen LogP contribution in [0.2, 0.25) is 0 Å². The average Bonchev–Trinajstić information content (AvgIpc) is 3.10. The number of amides is 2. The number of benzene rings is 1. The number of anilines is 1. The predicted molar refractivity (Wildman–Crippen MR) is 96.8 cm³/mol. The molecule has 1 N–H and O–H groups in total. The highest BCUT2D eigenvalue weighted by Gasteiger charge is 2.18. The zero-order valence-corrected chi connectivity index (χ0v) is 14.5. The quantitative estimate of drug-likeness (QED) is 0.764. The van der Waals surface area contributed by atoms with Crippen LogP contribution in [0.15, 0.2) is 30.6 Å². The van der Waals surface area contributed by atoms with Gasteiger partial charge in [-0.1, -0.05) is 23.5 Å².